The third kappa shape index (κ3) is 2.35. The summed E-state index contributed by atoms with van der Waals surface area (Å²) in [6, 6.07) is -0.0156. The fourth-order valence-electron chi connectivity index (χ4n) is 2.39. The molecular weight excluding hydrogens is 206 g/mol. The lowest BCUT2D eigenvalue weighted by Gasteiger charge is -2.33. The van der Waals surface area contributed by atoms with E-state index in [4.69, 9.17) is 0 Å². The van der Waals surface area contributed by atoms with Crippen LogP contribution < -0.4 is 10.6 Å². The van der Waals surface area contributed by atoms with Crippen LogP contribution in [0.4, 0.5) is 0 Å². The topological polar surface area (TPSA) is 61.4 Å². The van der Waals surface area contributed by atoms with E-state index in [1.807, 2.05) is 7.05 Å². The van der Waals surface area contributed by atoms with Gasteiger partial charge in [-0.15, -0.1) is 0 Å². The standard InChI is InChI=1S/C11H19N3O2/c1-14(8-3-2-6-12-7-8)11(16)9-4-5-10(15)13-9/h8-9,12H,2-7H2,1H3,(H,13,15)/t8?,9-/m1/s1. The summed E-state index contributed by atoms with van der Waals surface area (Å²) in [6.07, 6.45) is 3.28. The maximum absolute atomic E-state index is 12.1. The first kappa shape index (κ1) is 11.4. The molecule has 0 bridgehead atoms. The molecular formula is C11H19N3O2. The second-order valence-electron chi connectivity index (χ2n) is 4.61. The van der Waals surface area contributed by atoms with Crippen molar-refractivity contribution in [2.45, 2.75) is 37.8 Å². The van der Waals surface area contributed by atoms with Crippen molar-refractivity contribution in [2.24, 2.45) is 0 Å². The van der Waals surface area contributed by atoms with E-state index in [1.54, 1.807) is 4.90 Å². The summed E-state index contributed by atoms with van der Waals surface area (Å²) in [6.45, 7) is 1.90. The van der Waals surface area contributed by atoms with Crippen molar-refractivity contribution in [3.05, 3.63) is 0 Å². The van der Waals surface area contributed by atoms with Crippen LogP contribution in [-0.2, 0) is 9.59 Å². The van der Waals surface area contributed by atoms with Crippen molar-refractivity contribution < 1.29 is 9.59 Å². The minimum Gasteiger partial charge on any atom is -0.344 e. The van der Waals surface area contributed by atoms with Gasteiger partial charge in [-0.1, -0.05) is 0 Å². The van der Waals surface area contributed by atoms with Crippen LogP contribution in [0, 0.1) is 0 Å². The highest BCUT2D eigenvalue weighted by Gasteiger charge is 2.32. The lowest BCUT2D eigenvalue weighted by Crippen LogP contribution is -2.51. The molecule has 0 saturated carbocycles. The number of carbonyl (C=O) groups excluding carboxylic acids is 2. The zero-order chi connectivity index (χ0) is 11.5. The molecule has 2 aliphatic heterocycles. The lowest BCUT2D eigenvalue weighted by molar-refractivity contribution is -0.135. The van der Waals surface area contributed by atoms with Gasteiger partial charge in [0.05, 0.1) is 0 Å². The van der Waals surface area contributed by atoms with Crippen LogP contribution in [0.15, 0.2) is 0 Å². The molecule has 2 heterocycles. The minimum absolute atomic E-state index is 0.00600. The Kier molecular flexibility index (Phi) is 3.43. The zero-order valence-corrected chi connectivity index (χ0v) is 9.66. The normalized spacial score (nSPS) is 29.9. The highest BCUT2D eigenvalue weighted by Crippen LogP contribution is 2.14. The summed E-state index contributed by atoms with van der Waals surface area (Å²) in [5.41, 5.74) is 0. The zero-order valence-electron chi connectivity index (χ0n) is 9.66. The molecule has 0 radical (unpaired) electrons. The molecule has 0 aromatic carbocycles. The summed E-state index contributed by atoms with van der Waals surface area (Å²) >= 11 is 0. The van der Waals surface area contributed by atoms with Crippen molar-refractivity contribution in [2.75, 3.05) is 20.1 Å². The van der Waals surface area contributed by atoms with E-state index in [9.17, 15) is 9.59 Å². The summed E-state index contributed by atoms with van der Waals surface area (Å²) in [7, 11) is 1.84. The van der Waals surface area contributed by atoms with Crippen molar-refractivity contribution in [1.29, 1.82) is 0 Å². The SMILES string of the molecule is CN(C(=O)[C@H]1CCC(=O)N1)C1CCCNC1. The molecule has 0 aromatic heterocycles. The molecule has 2 saturated heterocycles. The fourth-order valence-corrected chi connectivity index (χ4v) is 2.39. The molecule has 2 amide bonds. The monoisotopic (exact) mass is 225 g/mol. The molecule has 2 fully saturated rings. The largest absolute Gasteiger partial charge is 0.344 e. The predicted octanol–water partition coefficient (Wildman–Crippen LogP) is -0.525. The average Bonchev–Trinajstić information content (AvgIpc) is 2.75. The molecule has 2 rings (SSSR count). The molecule has 16 heavy (non-hydrogen) atoms. The fraction of sp³-hybridized carbons (Fsp3) is 0.818. The number of piperidine rings is 1. The Morgan fingerprint density at radius 3 is 2.81 bits per heavy atom. The summed E-state index contributed by atoms with van der Waals surface area (Å²) in [5, 5.41) is 6.01. The summed E-state index contributed by atoms with van der Waals surface area (Å²) < 4.78 is 0. The number of nitrogens with one attached hydrogen (secondary N) is 2. The van der Waals surface area contributed by atoms with Crippen molar-refractivity contribution in [3.8, 4) is 0 Å². The van der Waals surface area contributed by atoms with Crippen LogP contribution in [0.5, 0.6) is 0 Å². The van der Waals surface area contributed by atoms with Gasteiger partial charge >= 0.3 is 0 Å². The first-order chi connectivity index (χ1) is 7.68. The third-order valence-corrected chi connectivity index (χ3v) is 3.46. The number of rotatable bonds is 2. The van der Waals surface area contributed by atoms with Crippen LogP contribution in [0.3, 0.4) is 0 Å². The van der Waals surface area contributed by atoms with E-state index in [-0.39, 0.29) is 23.9 Å². The molecule has 2 N–H and O–H groups in total. The van der Waals surface area contributed by atoms with E-state index < -0.39 is 0 Å². The second-order valence-corrected chi connectivity index (χ2v) is 4.61. The number of hydrogen-bond acceptors (Lipinski definition) is 3. The van der Waals surface area contributed by atoms with Crippen LogP contribution in [-0.4, -0.2) is 48.9 Å². The number of nitrogens with zero attached hydrogens (tertiary/aromatic N) is 1. The van der Waals surface area contributed by atoms with Crippen LogP contribution in [0.2, 0.25) is 0 Å². The first-order valence-corrected chi connectivity index (χ1v) is 5.95. The maximum Gasteiger partial charge on any atom is 0.245 e. The second kappa shape index (κ2) is 4.82. The molecule has 0 aromatic rings. The van der Waals surface area contributed by atoms with Crippen LogP contribution >= 0.6 is 0 Å². The molecule has 2 aliphatic rings. The van der Waals surface area contributed by atoms with Gasteiger partial charge in [0.15, 0.2) is 0 Å². The number of carbonyl (C=O) groups is 2. The van der Waals surface area contributed by atoms with Gasteiger partial charge in [0, 0.05) is 26.1 Å². The van der Waals surface area contributed by atoms with E-state index in [0.717, 1.165) is 25.9 Å². The first-order valence-electron chi connectivity index (χ1n) is 5.95. The average molecular weight is 225 g/mol. The van der Waals surface area contributed by atoms with Gasteiger partial charge in [0.2, 0.25) is 11.8 Å². The molecule has 0 aliphatic carbocycles. The van der Waals surface area contributed by atoms with E-state index in [0.29, 0.717) is 12.8 Å². The maximum atomic E-state index is 12.1. The number of likely N-dealkylation sites (N-methyl/N-ethyl adjacent to an activating group) is 1. The molecule has 2 atom stereocenters. The van der Waals surface area contributed by atoms with Gasteiger partial charge in [-0.2, -0.15) is 0 Å². The smallest absolute Gasteiger partial charge is 0.245 e. The Balaban J connectivity index is 1.90. The van der Waals surface area contributed by atoms with Gasteiger partial charge in [-0.05, 0) is 25.8 Å². The van der Waals surface area contributed by atoms with Gasteiger partial charge in [-0.25, -0.2) is 0 Å². The highest BCUT2D eigenvalue weighted by molar-refractivity contribution is 5.90. The van der Waals surface area contributed by atoms with Gasteiger partial charge in [0.1, 0.15) is 6.04 Å². The Morgan fingerprint density at radius 1 is 1.44 bits per heavy atom. The van der Waals surface area contributed by atoms with E-state index in [1.165, 1.54) is 0 Å². The Labute approximate surface area is 95.6 Å². The number of amides is 2. The molecule has 0 spiro atoms. The Morgan fingerprint density at radius 2 is 2.25 bits per heavy atom. The quantitative estimate of drug-likeness (QED) is 0.664. The summed E-state index contributed by atoms with van der Waals surface area (Å²) in [5.74, 6) is 0.0491. The molecule has 1 unspecified atom stereocenters. The van der Waals surface area contributed by atoms with Gasteiger partial charge in [0.25, 0.3) is 0 Å². The predicted molar refractivity (Wildman–Crippen MR) is 59.8 cm³/mol. The van der Waals surface area contributed by atoms with Crippen LogP contribution in [0.1, 0.15) is 25.7 Å². The van der Waals surface area contributed by atoms with Crippen molar-refractivity contribution in [1.82, 2.24) is 15.5 Å². The molecule has 90 valence electrons. The van der Waals surface area contributed by atoms with Gasteiger partial charge < -0.3 is 15.5 Å². The van der Waals surface area contributed by atoms with Crippen LogP contribution in [0.25, 0.3) is 0 Å². The van der Waals surface area contributed by atoms with Crippen molar-refractivity contribution >= 4 is 11.8 Å². The summed E-state index contributed by atoms with van der Waals surface area (Å²) in [4.78, 5) is 24.9. The number of hydrogen-bond donors (Lipinski definition) is 2. The molecule has 5 heteroatoms. The van der Waals surface area contributed by atoms with Gasteiger partial charge in [-0.3, -0.25) is 9.59 Å². The van der Waals surface area contributed by atoms with Crippen molar-refractivity contribution in [3.63, 3.8) is 0 Å². The minimum atomic E-state index is -0.292. The van der Waals surface area contributed by atoms with E-state index >= 15 is 0 Å². The lowest BCUT2D eigenvalue weighted by atomic mass is 10.1. The third-order valence-electron chi connectivity index (χ3n) is 3.46. The Hall–Kier alpha value is -1.10. The Bertz CT molecular complexity index is 287. The van der Waals surface area contributed by atoms with E-state index in [2.05, 4.69) is 10.6 Å². The molecule has 5 nitrogen and oxygen atoms in total. The highest BCUT2D eigenvalue weighted by atomic mass is 16.2.